The van der Waals surface area contributed by atoms with E-state index in [9.17, 15) is 33.6 Å². The highest BCUT2D eigenvalue weighted by Gasteiger charge is 2.47. The Labute approximate surface area is 343 Å². The van der Waals surface area contributed by atoms with Gasteiger partial charge in [0.1, 0.15) is 42.4 Å². The van der Waals surface area contributed by atoms with Crippen LogP contribution in [0.15, 0.2) is 48.5 Å². The number of nitrogens with zero attached hydrogens (tertiary/aromatic N) is 4. The van der Waals surface area contributed by atoms with E-state index in [4.69, 9.17) is 16.3 Å². The minimum absolute atomic E-state index is 0.0452. The summed E-state index contributed by atoms with van der Waals surface area (Å²) in [5.41, 5.74) is 2.10. The van der Waals surface area contributed by atoms with Crippen LogP contribution in [0.25, 0.3) is 0 Å². The number of esters is 1. The molecule has 0 aromatic heterocycles. The third kappa shape index (κ3) is 9.72. The number of rotatable bonds is 6. The van der Waals surface area contributed by atoms with E-state index in [1.165, 1.54) is 21.6 Å². The zero-order valence-corrected chi connectivity index (χ0v) is 34.3. The molecule has 17 heteroatoms. The van der Waals surface area contributed by atoms with Crippen LogP contribution >= 0.6 is 11.6 Å². The molecule has 4 heterocycles. The molecule has 4 aliphatic heterocycles. The summed E-state index contributed by atoms with van der Waals surface area (Å²) in [6.45, 7) is 8.18. The predicted octanol–water partition coefficient (Wildman–Crippen LogP) is 1.69. The molecule has 6 rings (SSSR count). The molecule has 58 heavy (non-hydrogen) atoms. The third-order valence-electron chi connectivity index (χ3n) is 11.4. The monoisotopic (exact) mass is 820 g/mol. The van der Waals surface area contributed by atoms with Gasteiger partial charge in [-0.05, 0) is 82.8 Å². The van der Waals surface area contributed by atoms with Gasteiger partial charge >= 0.3 is 12.0 Å². The molecular weight excluding hydrogens is 768 g/mol. The van der Waals surface area contributed by atoms with Crippen molar-refractivity contribution in [1.82, 2.24) is 35.6 Å². The van der Waals surface area contributed by atoms with Gasteiger partial charge in [-0.3, -0.25) is 24.0 Å². The largest absolute Gasteiger partial charge is 0.458 e. The van der Waals surface area contributed by atoms with Gasteiger partial charge in [0.05, 0.1) is 0 Å². The SMILES string of the molecule is Cc1cccc(C[C@H](NC(=O)Nc2ccc(Cl)cc2)C(=O)N[C@@H]2C(=O)N3CCC[C@H]3C(=O)N3CCN(C)C[C@H]3C(=O)N[C@@H](C)C(=O)N3C[C@H](C)C[C@H]3C(=O)O[C@H]2C)c1. The van der Waals surface area contributed by atoms with Crippen molar-refractivity contribution in [3.8, 4) is 0 Å². The van der Waals surface area contributed by atoms with Crippen LogP contribution in [-0.4, -0.2) is 143 Å². The van der Waals surface area contributed by atoms with Crippen LogP contribution in [0.5, 0.6) is 0 Å². The molecule has 4 fully saturated rings. The molecule has 0 aliphatic carbocycles. The van der Waals surface area contributed by atoms with E-state index in [0.717, 1.165) is 11.1 Å². The molecular formula is C41H53ClN8O8. The van der Waals surface area contributed by atoms with E-state index >= 15 is 0 Å². The zero-order valence-electron chi connectivity index (χ0n) is 33.5. The summed E-state index contributed by atoms with van der Waals surface area (Å²) in [5, 5.41) is 11.5. The van der Waals surface area contributed by atoms with Crippen molar-refractivity contribution >= 4 is 58.8 Å². The van der Waals surface area contributed by atoms with Gasteiger partial charge in [-0.15, -0.1) is 0 Å². The molecule has 4 saturated heterocycles. The van der Waals surface area contributed by atoms with Gasteiger partial charge < -0.3 is 45.6 Å². The van der Waals surface area contributed by atoms with Crippen molar-refractivity contribution < 1.29 is 38.3 Å². The minimum Gasteiger partial charge on any atom is -0.458 e. The molecule has 2 aromatic carbocycles. The second-order valence-corrected chi connectivity index (χ2v) is 16.5. The van der Waals surface area contributed by atoms with Crippen molar-refractivity contribution in [3.05, 3.63) is 64.7 Å². The number of ether oxygens (including phenoxy) is 1. The number of aryl methyl sites for hydroxylation is 1. The Morgan fingerprint density at radius 1 is 0.879 bits per heavy atom. The number of carbonyl (C=O) groups is 7. The zero-order chi connectivity index (χ0) is 41.8. The normalized spacial score (nSPS) is 27.9. The predicted molar refractivity (Wildman–Crippen MR) is 214 cm³/mol. The first kappa shape index (κ1) is 42.4. The molecule has 0 saturated carbocycles. The molecule has 16 nitrogen and oxygen atoms in total. The van der Waals surface area contributed by atoms with E-state index in [1.807, 2.05) is 50.1 Å². The Hall–Kier alpha value is -5.22. The maximum absolute atomic E-state index is 14.8. The molecule has 7 amide bonds. The third-order valence-corrected chi connectivity index (χ3v) is 11.6. The number of likely N-dealkylation sites (N-methyl/N-ethyl adjacent to an activating group) is 1. The van der Waals surface area contributed by atoms with Crippen LogP contribution in [0.1, 0.15) is 51.2 Å². The fourth-order valence-electron chi connectivity index (χ4n) is 8.30. The first-order chi connectivity index (χ1) is 27.6. The standard InChI is InChI=1S/C41H53ClN8O8/c1-23-8-6-9-27(18-23)20-30(45-41(57)44-29-13-11-28(42)12-14-29)35(51)46-34-26(4)58-40(56)32-19-24(2)21-50(32)37(53)25(3)43-36(52)33-22-47(5)16-17-49(33)38(54)31-10-7-15-48(31)39(34)55/h6,8-9,11-14,18,24-26,30-34H,7,10,15-17,19-22H2,1-5H3,(H,43,52)(H,46,51)(H2,44,45,57)/t24-,25+,26+,30+,31+,32+,33+,34+/m1/s1. The van der Waals surface area contributed by atoms with Gasteiger partial charge in [-0.2, -0.15) is 0 Å². The Morgan fingerprint density at radius 2 is 1.60 bits per heavy atom. The van der Waals surface area contributed by atoms with Crippen molar-refractivity contribution in [2.45, 2.75) is 95.7 Å². The number of urea groups is 1. The molecule has 312 valence electrons. The lowest BCUT2D eigenvalue weighted by Crippen LogP contribution is -2.65. The highest BCUT2D eigenvalue weighted by Crippen LogP contribution is 2.28. The topological polar surface area (TPSA) is 190 Å². The number of amides is 7. The van der Waals surface area contributed by atoms with Crippen molar-refractivity contribution in [2.75, 3.05) is 45.1 Å². The number of piperazine rings is 1. The quantitative estimate of drug-likeness (QED) is 0.315. The summed E-state index contributed by atoms with van der Waals surface area (Å²) in [4.78, 5) is 105. The smallest absolute Gasteiger partial charge is 0.329 e. The average Bonchev–Trinajstić information content (AvgIpc) is 3.83. The van der Waals surface area contributed by atoms with Crippen LogP contribution in [0.2, 0.25) is 5.02 Å². The summed E-state index contributed by atoms with van der Waals surface area (Å²) in [6.07, 6.45) is -0.143. The van der Waals surface area contributed by atoms with E-state index in [2.05, 4.69) is 21.3 Å². The van der Waals surface area contributed by atoms with E-state index in [1.54, 1.807) is 31.2 Å². The number of nitrogens with one attached hydrogen (secondary N) is 4. The number of carbonyl (C=O) groups excluding carboxylic acids is 7. The molecule has 0 radical (unpaired) electrons. The maximum Gasteiger partial charge on any atom is 0.329 e. The van der Waals surface area contributed by atoms with Gasteiger partial charge in [0.15, 0.2) is 0 Å². The van der Waals surface area contributed by atoms with Crippen LogP contribution in [-0.2, 0) is 39.9 Å². The first-order valence-corrected chi connectivity index (χ1v) is 20.3. The Bertz CT molecular complexity index is 1910. The number of cyclic esters (lactones) is 1. The van der Waals surface area contributed by atoms with Crippen LogP contribution in [0, 0.1) is 12.8 Å². The van der Waals surface area contributed by atoms with Gasteiger partial charge in [0.2, 0.25) is 29.5 Å². The second-order valence-electron chi connectivity index (χ2n) is 16.1. The van der Waals surface area contributed by atoms with Crippen LogP contribution in [0.3, 0.4) is 0 Å². The number of hydrogen-bond donors (Lipinski definition) is 4. The van der Waals surface area contributed by atoms with E-state index in [0.29, 0.717) is 30.1 Å². The van der Waals surface area contributed by atoms with Crippen molar-refractivity contribution in [2.24, 2.45) is 5.92 Å². The van der Waals surface area contributed by atoms with Gasteiger partial charge in [-0.25, -0.2) is 9.59 Å². The fourth-order valence-corrected chi connectivity index (χ4v) is 8.43. The summed E-state index contributed by atoms with van der Waals surface area (Å²) >= 11 is 6.02. The summed E-state index contributed by atoms with van der Waals surface area (Å²) in [7, 11) is 1.84. The highest BCUT2D eigenvalue weighted by molar-refractivity contribution is 6.30. The molecule has 0 unspecified atom stereocenters. The molecule has 4 N–H and O–H groups in total. The molecule has 4 aliphatic rings. The number of fused-ring (bicyclic) bond motifs is 3. The average molecular weight is 821 g/mol. The Morgan fingerprint density at radius 3 is 2.33 bits per heavy atom. The van der Waals surface area contributed by atoms with Gasteiger partial charge in [0, 0.05) is 49.9 Å². The Balaban J connectivity index is 1.33. The van der Waals surface area contributed by atoms with Crippen LogP contribution in [0.4, 0.5) is 10.5 Å². The van der Waals surface area contributed by atoms with Crippen molar-refractivity contribution in [1.29, 1.82) is 0 Å². The van der Waals surface area contributed by atoms with Crippen molar-refractivity contribution in [3.63, 3.8) is 0 Å². The number of hydrogen-bond acceptors (Lipinski definition) is 9. The van der Waals surface area contributed by atoms with Gasteiger partial charge in [-0.1, -0.05) is 48.4 Å². The van der Waals surface area contributed by atoms with Gasteiger partial charge in [0.25, 0.3) is 0 Å². The lowest BCUT2D eigenvalue weighted by Gasteiger charge is -2.42. The number of benzene rings is 2. The summed E-state index contributed by atoms with van der Waals surface area (Å²) < 4.78 is 5.96. The molecule has 0 spiro atoms. The van der Waals surface area contributed by atoms with E-state index < -0.39 is 83.9 Å². The van der Waals surface area contributed by atoms with Crippen LogP contribution < -0.4 is 21.3 Å². The fraction of sp³-hybridized carbons (Fsp3) is 0.537. The molecule has 2 aromatic rings. The summed E-state index contributed by atoms with van der Waals surface area (Å²) in [5.74, 6) is -3.65. The highest BCUT2D eigenvalue weighted by atomic mass is 35.5. The molecule has 8 atom stereocenters. The minimum atomic E-state index is -1.49. The summed E-state index contributed by atoms with van der Waals surface area (Å²) in [6, 6.07) is 6.55. The first-order valence-electron chi connectivity index (χ1n) is 19.9. The Kier molecular flexibility index (Phi) is 13.3. The number of anilines is 1. The second kappa shape index (κ2) is 18.1. The lowest BCUT2D eigenvalue weighted by molar-refractivity contribution is -0.163. The molecule has 0 bridgehead atoms. The number of halogens is 1. The van der Waals surface area contributed by atoms with E-state index in [-0.39, 0.29) is 44.9 Å². The maximum atomic E-state index is 14.8. The lowest BCUT2D eigenvalue weighted by atomic mass is 10.0.